The molecule has 0 spiro atoms. The Morgan fingerprint density at radius 2 is 2.42 bits per heavy atom. The Bertz CT molecular complexity index is 345. The van der Waals surface area contributed by atoms with Crippen LogP contribution < -0.4 is 0 Å². The number of allylic oxidation sites excluding steroid dienone is 2. The first-order valence-corrected chi connectivity index (χ1v) is 8.42. The van der Waals surface area contributed by atoms with Crippen molar-refractivity contribution in [2.75, 3.05) is 5.33 Å². The lowest BCUT2D eigenvalue weighted by Crippen LogP contribution is -2.32. The highest BCUT2D eigenvalue weighted by atomic mass is 79.9. The Labute approximate surface area is 130 Å². The number of hydrogen-bond acceptors (Lipinski definition) is 1. The fraction of sp³-hybridized carbons (Fsp3) is 0.625. The Hall–Kier alpha value is -0.230. The molecule has 106 valence electrons. The Morgan fingerprint density at radius 1 is 1.63 bits per heavy atom. The molecule has 1 nitrogen and oxygen atoms in total. The van der Waals surface area contributed by atoms with Crippen LogP contribution in [-0.2, 0) is 4.74 Å². The summed E-state index contributed by atoms with van der Waals surface area (Å²) in [5, 5.41) is 0.910. The lowest BCUT2D eigenvalue weighted by molar-refractivity contribution is -0.0284. The molecular formula is C16H22BrClO. The molecule has 0 aliphatic carbocycles. The van der Waals surface area contributed by atoms with Gasteiger partial charge in [0.25, 0.3) is 0 Å². The molecular weight excluding hydrogens is 324 g/mol. The predicted octanol–water partition coefficient (Wildman–Crippen LogP) is 4.70. The molecule has 0 aromatic carbocycles. The minimum absolute atomic E-state index is 0.0253. The molecule has 0 fully saturated rings. The van der Waals surface area contributed by atoms with Crippen LogP contribution in [-0.4, -0.2) is 22.9 Å². The zero-order valence-electron chi connectivity index (χ0n) is 11.4. The van der Waals surface area contributed by atoms with E-state index in [0.717, 1.165) is 31.0 Å². The molecule has 0 radical (unpaired) electrons. The second kappa shape index (κ2) is 9.64. The average Bonchev–Trinajstić information content (AvgIpc) is 2.61. The van der Waals surface area contributed by atoms with Gasteiger partial charge in [-0.15, -0.1) is 18.0 Å². The van der Waals surface area contributed by atoms with Gasteiger partial charge in [0.05, 0.1) is 17.6 Å². The van der Waals surface area contributed by atoms with E-state index in [1.165, 1.54) is 0 Å². The minimum Gasteiger partial charge on any atom is -0.372 e. The van der Waals surface area contributed by atoms with Crippen LogP contribution in [0.25, 0.3) is 0 Å². The summed E-state index contributed by atoms with van der Waals surface area (Å²) in [6, 6.07) is 0. The summed E-state index contributed by atoms with van der Waals surface area (Å²) in [4.78, 5) is 0. The molecule has 1 heterocycles. The summed E-state index contributed by atoms with van der Waals surface area (Å²) < 4.78 is 6.24. The van der Waals surface area contributed by atoms with Crippen molar-refractivity contribution in [3.8, 4) is 12.3 Å². The number of hydrogen-bond donors (Lipinski definition) is 0. The fourth-order valence-electron chi connectivity index (χ4n) is 2.26. The third-order valence-corrected chi connectivity index (χ3v) is 4.52. The van der Waals surface area contributed by atoms with Crippen LogP contribution >= 0.6 is 27.5 Å². The normalized spacial score (nSPS) is 29.1. The van der Waals surface area contributed by atoms with Gasteiger partial charge >= 0.3 is 0 Å². The maximum absolute atomic E-state index is 6.43. The van der Waals surface area contributed by atoms with Gasteiger partial charge in [-0.3, -0.25) is 0 Å². The summed E-state index contributed by atoms with van der Waals surface area (Å²) in [5.74, 6) is 2.92. The van der Waals surface area contributed by atoms with Crippen molar-refractivity contribution in [1.82, 2.24) is 0 Å². The largest absolute Gasteiger partial charge is 0.372 e. The Morgan fingerprint density at radius 3 is 3.05 bits per heavy atom. The van der Waals surface area contributed by atoms with E-state index in [9.17, 15) is 0 Å². The van der Waals surface area contributed by atoms with Crippen LogP contribution in [0.15, 0.2) is 24.3 Å². The molecule has 0 aromatic rings. The molecule has 0 aromatic heterocycles. The summed E-state index contributed by atoms with van der Waals surface area (Å²) in [6.07, 6.45) is 17.4. The zero-order valence-corrected chi connectivity index (χ0v) is 13.7. The van der Waals surface area contributed by atoms with Crippen molar-refractivity contribution in [2.24, 2.45) is 5.92 Å². The first kappa shape index (κ1) is 16.8. The van der Waals surface area contributed by atoms with Crippen molar-refractivity contribution in [3.05, 3.63) is 24.3 Å². The first-order chi connectivity index (χ1) is 9.22. The average molecular weight is 346 g/mol. The van der Waals surface area contributed by atoms with E-state index in [1.54, 1.807) is 6.08 Å². The topological polar surface area (TPSA) is 9.23 Å². The number of terminal acetylenes is 1. The fourth-order valence-corrected chi connectivity index (χ4v) is 3.16. The third kappa shape index (κ3) is 5.73. The van der Waals surface area contributed by atoms with Gasteiger partial charge in [-0.05, 0) is 25.3 Å². The van der Waals surface area contributed by atoms with Crippen molar-refractivity contribution in [2.45, 2.75) is 50.2 Å². The highest BCUT2D eigenvalue weighted by Gasteiger charge is 2.28. The van der Waals surface area contributed by atoms with Crippen LogP contribution in [0.2, 0.25) is 0 Å². The number of rotatable bonds is 6. The lowest BCUT2D eigenvalue weighted by atomic mass is 10.0. The van der Waals surface area contributed by atoms with Gasteiger partial charge in [-0.2, -0.15) is 0 Å². The molecule has 1 rings (SSSR count). The maximum Gasteiger partial charge on any atom is 0.0779 e. The van der Waals surface area contributed by atoms with E-state index in [4.69, 9.17) is 22.8 Å². The minimum atomic E-state index is -0.0253. The maximum atomic E-state index is 6.43. The standard InChI is InChI=1S/C16H22BrClO/c1-3-5-6-10-14(18)16-11-7-9-13(12-17)15(19-16)8-4-2/h1,5-7,9,13-16H,4,8,10-12H2,2H3/b6-5-/t13-,14-,15+,16-/m1/s1. The molecule has 0 saturated heterocycles. The highest BCUT2D eigenvalue weighted by Crippen LogP contribution is 2.27. The Balaban J connectivity index is 2.63. The summed E-state index contributed by atoms with van der Waals surface area (Å²) >= 11 is 10.0. The van der Waals surface area contributed by atoms with Gasteiger partial charge in [0.1, 0.15) is 0 Å². The smallest absolute Gasteiger partial charge is 0.0779 e. The SMILES string of the molecule is C#C/C=C\C[C@@H](Cl)[C@H]1CC=C[C@H](CBr)[C@H](CCC)O1. The Kier molecular flexibility index (Phi) is 8.53. The molecule has 1 aliphatic heterocycles. The summed E-state index contributed by atoms with van der Waals surface area (Å²) in [5.41, 5.74) is 0. The van der Waals surface area contributed by atoms with E-state index in [2.05, 4.69) is 40.9 Å². The van der Waals surface area contributed by atoms with Crippen molar-refractivity contribution in [1.29, 1.82) is 0 Å². The quantitative estimate of drug-likeness (QED) is 0.385. The van der Waals surface area contributed by atoms with E-state index in [1.807, 2.05) is 6.08 Å². The first-order valence-electron chi connectivity index (χ1n) is 6.86. The van der Waals surface area contributed by atoms with E-state index < -0.39 is 0 Å². The molecule has 0 N–H and O–H groups in total. The van der Waals surface area contributed by atoms with Crippen molar-refractivity contribution >= 4 is 27.5 Å². The molecule has 19 heavy (non-hydrogen) atoms. The van der Waals surface area contributed by atoms with Crippen LogP contribution in [0.1, 0.15) is 32.6 Å². The number of halogens is 2. The molecule has 3 heteroatoms. The van der Waals surface area contributed by atoms with E-state index >= 15 is 0 Å². The van der Waals surface area contributed by atoms with Gasteiger partial charge in [-0.25, -0.2) is 0 Å². The van der Waals surface area contributed by atoms with E-state index in [-0.39, 0.29) is 17.6 Å². The second-order valence-corrected chi connectivity index (χ2v) is 6.01. The van der Waals surface area contributed by atoms with Gasteiger partial charge < -0.3 is 4.74 Å². The third-order valence-electron chi connectivity index (χ3n) is 3.31. The molecule has 0 saturated carbocycles. The van der Waals surface area contributed by atoms with Gasteiger partial charge in [0, 0.05) is 11.2 Å². The van der Waals surface area contributed by atoms with Crippen LogP contribution in [0.4, 0.5) is 0 Å². The summed E-state index contributed by atoms with van der Waals surface area (Å²) in [6.45, 7) is 2.19. The van der Waals surface area contributed by atoms with Crippen molar-refractivity contribution in [3.63, 3.8) is 0 Å². The number of ether oxygens (including phenoxy) is 1. The zero-order chi connectivity index (χ0) is 14.1. The van der Waals surface area contributed by atoms with Gasteiger partial charge in [0.15, 0.2) is 0 Å². The second-order valence-electron chi connectivity index (χ2n) is 4.80. The predicted molar refractivity (Wildman–Crippen MR) is 86.8 cm³/mol. The highest BCUT2D eigenvalue weighted by molar-refractivity contribution is 9.09. The van der Waals surface area contributed by atoms with Crippen LogP contribution in [0.3, 0.4) is 0 Å². The summed E-state index contributed by atoms with van der Waals surface area (Å²) in [7, 11) is 0. The van der Waals surface area contributed by atoms with E-state index in [0.29, 0.717) is 5.92 Å². The lowest BCUT2D eigenvalue weighted by Gasteiger charge is -2.28. The molecule has 0 amide bonds. The van der Waals surface area contributed by atoms with Crippen molar-refractivity contribution < 1.29 is 4.74 Å². The molecule has 0 unspecified atom stereocenters. The van der Waals surface area contributed by atoms with Gasteiger partial charge in [-0.1, -0.05) is 53.4 Å². The van der Waals surface area contributed by atoms with Gasteiger partial charge in [0.2, 0.25) is 0 Å². The molecule has 1 aliphatic rings. The molecule has 0 bridgehead atoms. The molecule has 4 atom stereocenters. The van der Waals surface area contributed by atoms with Crippen LogP contribution in [0, 0.1) is 18.3 Å². The number of alkyl halides is 2. The monoisotopic (exact) mass is 344 g/mol. The van der Waals surface area contributed by atoms with Crippen LogP contribution in [0.5, 0.6) is 0 Å².